The van der Waals surface area contributed by atoms with Gasteiger partial charge in [0.25, 0.3) is 0 Å². The molecule has 1 aliphatic rings. The average molecular weight is 286 g/mol. The van der Waals surface area contributed by atoms with E-state index in [0.717, 1.165) is 41.4 Å². The Bertz CT molecular complexity index is 352. The number of methoxy groups -OCH3 is 2. The van der Waals surface area contributed by atoms with Crippen molar-refractivity contribution < 1.29 is 9.47 Å². The topological polar surface area (TPSA) is 30.5 Å². The van der Waals surface area contributed by atoms with Gasteiger partial charge in [-0.1, -0.05) is 0 Å². The Morgan fingerprint density at radius 1 is 1.25 bits per heavy atom. The highest BCUT2D eigenvalue weighted by atomic mass is 79.9. The van der Waals surface area contributed by atoms with Crippen molar-refractivity contribution in [1.82, 2.24) is 5.32 Å². The van der Waals surface area contributed by atoms with E-state index in [9.17, 15) is 0 Å². The summed E-state index contributed by atoms with van der Waals surface area (Å²) < 4.78 is 11.5. The van der Waals surface area contributed by atoms with Gasteiger partial charge in [-0.3, -0.25) is 0 Å². The third-order valence-electron chi connectivity index (χ3n) is 2.90. The van der Waals surface area contributed by atoms with Gasteiger partial charge in [-0.15, -0.1) is 0 Å². The van der Waals surface area contributed by atoms with Gasteiger partial charge < -0.3 is 14.8 Å². The Morgan fingerprint density at radius 2 is 1.81 bits per heavy atom. The van der Waals surface area contributed by atoms with E-state index >= 15 is 0 Å². The van der Waals surface area contributed by atoms with Crippen molar-refractivity contribution in [3.8, 4) is 11.5 Å². The summed E-state index contributed by atoms with van der Waals surface area (Å²) >= 11 is 3.47. The third kappa shape index (κ3) is 2.33. The number of rotatable bonds is 4. The molecular formula is C12H16BrNO2. The molecule has 4 heteroatoms. The number of hydrogen-bond donors (Lipinski definition) is 1. The molecule has 0 unspecified atom stereocenters. The predicted octanol–water partition coefficient (Wildman–Crippen LogP) is 2.23. The molecule has 1 N–H and O–H groups in total. The zero-order valence-electron chi connectivity index (χ0n) is 9.55. The van der Waals surface area contributed by atoms with Crippen LogP contribution in [0.4, 0.5) is 0 Å². The molecule has 1 heterocycles. The highest BCUT2D eigenvalue weighted by Gasteiger charge is 2.18. The van der Waals surface area contributed by atoms with Crippen LogP contribution in [0, 0.1) is 5.92 Å². The Balaban J connectivity index is 2.23. The Morgan fingerprint density at radius 3 is 2.19 bits per heavy atom. The molecule has 1 fully saturated rings. The van der Waals surface area contributed by atoms with Gasteiger partial charge in [-0.05, 0) is 59.1 Å². The Kier molecular flexibility index (Phi) is 3.71. The summed E-state index contributed by atoms with van der Waals surface area (Å²) in [6.07, 6.45) is 1.08. The van der Waals surface area contributed by atoms with E-state index < -0.39 is 0 Å². The number of halogens is 1. The van der Waals surface area contributed by atoms with Crippen molar-refractivity contribution in [3.05, 3.63) is 22.2 Å². The fourth-order valence-electron chi connectivity index (χ4n) is 1.87. The number of ether oxygens (including phenoxy) is 2. The largest absolute Gasteiger partial charge is 0.495 e. The van der Waals surface area contributed by atoms with Crippen molar-refractivity contribution in [1.29, 1.82) is 0 Å². The van der Waals surface area contributed by atoms with Gasteiger partial charge in [0.2, 0.25) is 0 Å². The lowest BCUT2D eigenvalue weighted by Crippen LogP contribution is -2.43. The summed E-state index contributed by atoms with van der Waals surface area (Å²) in [5, 5.41) is 3.28. The van der Waals surface area contributed by atoms with E-state index in [-0.39, 0.29) is 0 Å². The van der Waals surface area contributed by atoms with E-state index in [1.165, 1.54) is 5.56 Å². The minimum Gasteiger partial charge on any atom is -0.495 e. The van der Waals surface area contributed by atoms with Crippen LogP contribution in [0.25, 0.3) is 0 Å². The molecule has 0 spiro atoms. The molecule has 0 aliphatic carbocycles. The van der Waals surface area contributed by atoms with Crippen molar-refractivity contribution in [2.45, 2.75) is 6.42 Å². The zero-order valence-corrected chi connectivity index (χ0v) is 11.1. The quantitative estimate of drug-likeness (QED) is 0.920. The molecule has 1 aromatic rings. The molecule has 0 radical (unpaired) electrons. The second-order valence-electron chi connectivity index (χ2n) is 4.04. The van der Waals surface area contributed by atoms with Crippen LogP contribution in [0.1, 0.15) is 5.56 Å². The summed E-state index contributed by atoms with van der Waals surface area (Å²) in [5.41, 5.74) is 1.27. The van der Waals surface area contributed by atoms with Gasteiger partial charge in [-0.25, -0.2) is 0 Å². The van der Waals surface area contributed by atoms with Crippen LogP contribution >= 0.6 is 15.9 Å². The second-order valence-corrected chi connectivity index (χ2v) is 4.84. The molecule has 2 rings (SSSR count). The van der Waals surface area contributed by atoms with Crippen LogP contribution in [0.3, 0.4) is 0 Å². The molecule has 0 saturated carbocycles. The van der Waals surface area contributed by atoms with Gasteiger partial charge >= 0.3 is 0 Å². The Hall–Kier alpha value is -0.740. The molecule has 0 bridgehead atoms. The van der Waals surface area contributed by atoms with Crippen LogP contribution in [0.5, 0.6) is 11.5 Å². The summed E-state index contributed by atoms with van der Waals surface area (Å²) in [4.78, 5) is 0. The maximum absolute atomic E-state index is 5.32. The maximum Gasteiger partial charge on any atom is 0.137 e. The second kappa shape index (κ2) is 5.06. The van der Waals surface area contributed by atoms with E-state index in [1.807, 2.05) is 0 Å². The normalized spacial score (nSPS) is 15.7. The highest BCUT2D eigenvalue weighted by Crippen LogP contribution is 2.36. The van der Waals surface area contributed by atoms with Crippen LogP contribution in [0.15, 0.2) is 16.6 Å². The van der Waals surface area contributed by atoms with Gasteiger partial charge in [0.1, 0.15) is 16.0 Å². The van der Waals surface area contributed by atoms with Crippen LogP contribution in [-0.4, -0.2) is 27.3 Å². The Labute approximate surface area is 104 Å². The number of benzene rings is 1. The summed E-state index contributed by atoms with van der Waals surface area (Å²) in [7, 11) is 3.35. The minimum absolute atomic E-state index is 0.746. The predicted molar refractivity (Wildman–Crippen MR) is 67.3 cm³/mol. The third-order valence-corrected chi connectivity index (χ3v) is 3.68. The van der Waals surface area contributed by atoms with Crippen molar-refractivity contribution in [2.24, 2.45) is 5.92 Å². The fraction of sp³-hybridized carbons (Fsp3) is 0.500. The molecule has 1 aliphatic heterocycles. The van der Waals surface area contributed by atoms with Crippen LogP contribution in [0.2, 0.25) is 0 Å². The van der Waals surface area contributed by atoms with Crippen LogP contribution in [-0.2, 0) is 6.42 Å². The standard InChI is InChI=1S/C12H16BrNO2/c1-15-10-4-8(3-9-6-14-7-9)5-11(16-2)12(10)13/h4-5,9,14H,3,6-7H2,1-2H3. The van der Waals surface area contributed by atoms with Gasteiger partial charge in [0.05, 0.1) is 14.2 Å². The molecule has 0 amide bonds. The smallest absolute Gasteiger partial charge is 0.137 e. The maximum atomic E-state index is 5.32. The first kappa shape index (κ1) is 11.7. The van der Waals surface area contributed by atoms with Crippen LogP contribution < -0.4 is 14.8 Å². The molecule has 3 nitrogen and oxygen atoms in total. The lowest BCUT2D eigenvalue weighted by molar-refractivity contribution is 0.344. The lowest BCUT2D eigenvalue weighted by atomic mass is 9.94. The van der Waals surface area contributed by atoms with Crippen molar-refractivity contribution >= 4 is 15.9 Å². The summed E-state index contributed by atoms with van der Waals surface area (Å²) in [6.45, 7) is 2.22. The lowest BCUT2D eigenvalue weighted by Gasteiger charge is -2.27. The number of hydrogen-bond acceptors (Lipinski definition) is 3. The SMILES string of the molecule is COc1cc(CC2CNC2)cc(OC)c1Br. The molecule has 0 atom stereocenters. The average Bonchev–Trinajstić information content (AvgIpc) is 2.25. The van der Waals surface area contributed by atoms with Crippen molar-refractivity contribution in [2.75, 3.05) is 27.3 Å². The van der Waals surface area contributed by atoms with Gasteiger partial charge in [0, 0.05) is 0 Å². The van der Waals surface area contributed by atoms with Gasteiger partial charge in [-0.2, -0.15) is 0 Å². The highest BCUT2D eigenvalue weighted by molar-refractivity contribution is 9.10. The first-order chi connectivity index (χ1) is 7.74. The van der Waals surface area contributed by atoms with E-state index in [2.05, 4.69) is 33.4 Å². The molecule has 88 valence electrons. The minimum atomic E-state index is 0.746. The molecule has 1 aromatic carbocycles. The first-order valence-electron chi connectivity index (χ1n) is 5.35. The molecule has 16 heavy (non-hydrogen) atoms. The fourth-order valence-corrected chi connectivity index (χ4v) is 2.42. The van der Waals surface area contributed by atoms with E-state index in [4.69, 9.17) is 9.47 Å². The summed E-state index contributed by atoms with van der Waals surface area (Å²) in [5.74, 6) is 2.42. The number of nitrogens with one attached hydrogen (secondary N) is 1. The molecule has 1 saturated heterocycles. The van der Waals surface area contributed by atoms with Gasteiger partial charge in [0.15, 0.2) is 0 Å². The summed E-state index contributed by atoms with van der Waals surface area (Å²) in [6, 6.07) is 4.15. The van der Waals surface area contributed by atoms with E-state index in [0.29, 0.717) is 0 Å². The zero-order chi connectivity index (χ0) is 11.5. The first-order valence-corrected chi connectivity index (χ1v) is 6.15. The monoisotopic (exact) mass is 285 g/mol. The molecule has 0 aromatic heterocycles. The molecular weight excluding hydrogens is 270 g/mol. The van der Waals surface area contributed by atoms with Crippen molar-refractivity contribution in [3.63, 3.8) is 0 Å². The van der Waals surface area contributed by atoms with E-state index in [1.54, 1.807) is 14.2 Å².